The Morgan fingerprint density at radius 2 is 0.969 bits per heavy atom. The molecule has 5 aromatic carbocycles. The van der Waals surface area contributed by atoms with Crippen molar-refractivity contribution in [1.82, 2.24) is 0 Å². The molecule has 1 heteroatoms. The standard InChI is InChI=1S/C31H22S/c1-21-6-4-7-24(18-21)22-12-14-23(15-13-22)25-8-5-9-26(19-25)27-16-17-31-29(20-27)28-10-2-3-11-30(28)32-31/h2-20H,1H3. The van der Waals surface area contributed by atoms with Crippen LogP contribution in [0.1, 0.15) is 5.56 Å². The Morgan fingerprint density at radius 3 is 1.72 bits per heavy atom. The third-order valence-electron chi connectivity index (χ3n) is 6.14. The van der Waals surface area contributed by atoms with Crippen LogP contribution in [0.2, 0.25) is 0 Å². The van der Waals surface area contributed by atoms with Gasteiger partial charge in [0.1, 0.15) is 0 Å². The normalized spacial score (nSPS) is 11.3. The maximum atomic E-state index is 2.34. The first kappa shape index (κ1) is 19.0. The molecule has 0 saturated heterocycles. The van der Waals surface area contributed by atoms with Crippen molar-refractivity contribution >= 4 is 31.5 Å². The van der Waals surface area contributed by atoms with Crippen molar-refractivity contribution in [3.05, 3.63) is 121 Å². The van der Waals surface area contributed by atoms with Gasteiger partial charge < -0.3 is 0 Å². The van der Waals surface area contributed by atoms with E-state index in [1.807, 2.05) is 11.3 Å². The lowest BCUT2D eigenvalue weighted by molar-refractivity contribution is 1.47. The molecule has 6 aromatic rings. The summed E-state index contributed by atoms with van der Waals surface area (Å²) < 4.78 is 2.69. The fourth-order valence-electron chi connectivity index (χ4n) is 4.46. The van der Waals surface area contributed by atoms with E-state index in [2.05, 4.69) is 122 Å². The minimum atomic E-state index is 1.24. The monoisotopic (exact) mass is 426 g/mol. The minimum absolute atomic E-state index is 1.24. The molecule has 0 aliphatic carbocycles. The molecule has 0 nitrogen and oxygen atoms in total. The van der Waals surface area contributed by atoms with E-state index in [1.54, 1.807) is 0 Å². The summed E-state index contributed by atoms with van der Waals surface area (Å²) in [5.74, 6) is 0. The van der Waals surface area contributed by atoms with Crippen LogP contribution in [0.3, 0.4) is 0 Å². The highest BCUT2D eigenvalue weighted by Gasteiger charge is 2.08. The third-order valence-corrected chi connectivity index (χ3v) is 7.29. The molecule has 0 spiro atoms. The lowest BCUT2D eigenvalue weighted by atomic mass is 9.96. The zero-order valence-corrected chi connectivity index (χ0v) is 18.7. The minimum Gasteiger partial charge on any atom is -0.135 e. The van der Waals surface area contributed by atoms with E-state index < -0.39 is 0 Å². The molecule has 0 aliphatic rings. The maximum absolute atomic E-state index is 2.34. The molecule has 0 bridgehead atoms. The van der Waals surface area contributed by atoms with Crippen molar-refractivity contribution in [1.29, 1.82) is 0 Å². The quantitative estimate of drug-likeness (QED) is 0.264. The summed E-state index contributed by atoms with van der Waals surface area (Å²) in [6.45, 7) is 2.14. The van der Waals surface area contributed by atoms with Crippen molar-refractivity contribution in [3.63, 3.8) is 0 Å². The fraction of sp³-hybridized carbons (Fsp3) is 0.0323. The van der Waals surface area contributed by atoms with Crippen molar-refractivity contribution < 1.29 is 0 Å². The fourth-order valence-corrected chi connectivity index (χ4v) is 5.55. The van der Waals surface area contributed by atoms with Crippen LogP contribution >= 0.6 is 11.3 Å². The van der Waals surface area contributed by atoms with Crippen LogP contribution in [-0.4, -0.2) is 0 Å². The van der Waals surface area contributed by atoms with E-state index in [4.69, 9.17) is 0 Å². The molecule has 1 aromatic heterocycles. The zero-order valence-electron chi connectivity index (χ0n) is 17.9. The van der Waals surface area contributed by atoms with Crippen LogP contribution in [0, 0.1) is 6.92 Å². The summed E-state index contributed by atoms with van der Waals surface area (Å²) in [7, 11) is 0. The van der Waals surface area contributed by atoms with E-state index in [1.165, 1.54) is 59.1 Å². The summed E-state index contributed by atoms with van der Waals surface area (Å²) >= 11 is 1.87. The lowest BCUT2D eigenvalue weighted by Crippen LogP contribution is -1.83. The summed E-state index contributed by atoms with van der Waals surface area (Å²) in [5, 5.41) is 2.69. The first-order valence-electron chi connectivity index (χ1n) is 10.9. The van der Waals surface area contributed by atoms with Crippen LogP contribution in [0.15, 0.2) is 115 Å². The zero-order chi connectivity index (χ0) is 21.5. The van der Waals surface area contributed by atoms with Gasteiger partial charge in [0.15, 0.2) is 0 Å². The molecule has 0 N–H and O–H groups in total. The average Bonchev–Trinajstić information content (AvgIpc) is 3.22. The molecule has 152 valence electrons. The number of benzene rings is 5. The molecule has 1 heterocycles. The molecule has 0 radical (unpaired) electrons. The predicted molar refractivity (Wildman–Crippen MR) is 140 cm³/mol. The van der Waals surface area contributed by atoms with Crippen LogP contribution in [0.25, 0.3) is 53.6 Å². The van der Waals surface area contributed by atoms with E-state index in [0.717, 1.165) is 0 Å². The molecule has 0 atom stereocenters. The molecule has 0 unspecified atom stereocenters. The van der Waals surface area contributed by atoms with Gasteiger partial charge in [0.25, 0.3) is 0 Å². The number of rotatable bonds is 3. The van der Waals surface area contributed by atoms with E-state index in [9.17, 15) is 0 Å². The third kappa shape index (κ3) is 3.41. The van der Waals surface area contributed by atoms with Gasteiger partial charge in [-0.15, -0.1) is 11.3 Å². The molecular formula is C31H22S. The number of fused-ring (bicyclic) bond motifs is 3. The van der Waals surface area contributed by atoms with Gasteiger partial charge in [0, 0.05) is 20.2 Å². The van der Waals surface area contributed by atoms with E-state index >= 15 is 0 Å². The molecule has 0 aliphatic heterocycles. The summed E-state index contributed by atoms with van der Waals surface area (Å²) in [6.07, 6.45) is 0. The smallest absolute Gasteiger partial charge is 0.0355 e. The van der Waals surface area contributed by atoms with E-state index in [0.29, 0.717) is 0 Å². The van der Waals surface area contributed by atoms with Gasteiger partial charge in [0.2, 0.25) is 0 Å². The Bertz CT molecular complexity index is 1570. The average molecular weight is 427 g/mol. The first-order valence-corrected chi connectivity index (χ1v) is 11.8. The lowest BCUT2D eigenvalue weighted by Gasteiger charge is -2.08. The van der Waals surface area contributed by atoms with Crippen molar-refractivity contribution in [2.75, 3.05) is 0 Å². The summed E-state index contributed by atoms with van der Waals surface area (Å²) in [5.41, 5.74) is 8.81. The highest BCUT2D eigenvalue weighted by molar-refractivity contribution is 7.25. The van der Waals surface area contributed by atoms with Gasteiger partial charge in [-0.1, -0.05) is 96.6 Å². The summed E-state index contributed by atoms with van der Waals surface area (Å²) in [4.78, 5) is 0. The Morgan fingerprint density at radius 1 is 0.406 bits per heavy atom. The second-order valence-electron chi connectivity index (χ2n) is 8.34. The highest BCUT2D eigenvalue weighted by Crippen LogP contribution is 2.37. The van der Waals surface area contributed by atoms with Crippen LogP contribution in [0.5, 0.6) is 0 Å². The molecule has 0 fully saturated rings. The van der Waals surface area contributed by atoms with Crippen molar-refractivity contribution in [2.45, 2.75) is 6.92 Å². The number of hydrogen-bond donors (Lipinski definition) is 0. The SMILES string of the molecule is Cc1cccc(-c2ccc(-c3cccc(-c4ccc5sc6ccccc6c5c4)c3)cc2)c1. The second-order valence-corrected chi connectivity index (χ2v) is 9.42. The Labute approximate surface area is 192 Å². The van der Waals surface area contributed by atoms with Crippen molar-refractivity contribution in [2.24, 2.45) is 0 Å². The van der Waals surface area contributed by atoms with Crippen LogP contribution in [-0.2, 0) is 0 Å². The van der Waals surface area contributed by atoms with Gasteiger partial charge in [0.05, 0.1) is 0 Å². The van der Waals surface area contributed by atoms with Crippen LogP contribution in [0.4, 0.5) is 0 Å². The Balaban J connectivity index is 1.37. The van der Waals surface area contributed by atoms with Gasteiger partial charge in [-0.25, -0.2) is 0 Å². The van der Waals surface area contributed by atoms with Gasteiger partial charge in [-0.3, -0.25) is 0 Å². The number of aryl methyl sites for hydroxylation is 1. The molecule has 0 saturated carbocycles. The van der Waals surface area contributed by atoms with Gasteiger partial charge in [-0.2, -0.15) is 0 Å². The van der Waals surface area contributed by atoms with E-state index in [-0.39, 0.29) is 0 Å². The molecule has 0 amide bonds. The Kier molecular flexibility index (Phi) is 4.63. The van der Waals surface area contributed by atoms with Crippen molar-refractivity contribution in [3.8, 4) is 33.4 Å². The summed E-state index contributed by atoms with van der Waals surface area (Å²) in [6, 6.07) is 42.0. The maximum Gasteiger partial charge on any atom is 0.0355 e. The highest BCUT2D eigenvalue weighted by atomic mass is 32.1. The number of hydrogen-bond acceptors (Lipinski definition) is 1. The number of thiophene rings is 1. The first-order chi connectivity index (χ1) is 15.7. The molecular weight excluding hydrogens is 404 g/mol. The van der Waals surface area contributed by atoms with Gasteiger partial charge in [-0.05, 0) is 64.6 Å². The largest absolute Gasteiger partial charge is 0.135 e. The molecule has 6 rings (SSSR count). The van der Waals surface area contributed by atoms with Gasteiger partial charge >= 0.3 is 0 Å². The molecule has 32 heavy (non-hydrogen) atoms. The predicted octanol–water partition coefficient (Wildman–Crippen LogP) is 9.36. The Hall–Kier alpha value is -3.68. The topological polar surface area (TPSA) is 0 Å². The second kappa shape index (κ2) is 7.78. The van der Waals surface area contributed by atoms with Crippen LogP contribution < -0.4 is 0 Å².